The van der Waals surface area contributed by atoms with Crippen molar-refractivity contribution in [2.45, 2.75) is 38.1 Å². The van der Waals surface area contributed by atoms with E-state index in [2.05, 4.69) is 0 Å². The van der Waals surface area contributed by atoms with Crippen molar-refractivity contribution in [2.24, 2.45) is 5.92 Å². The molecule has 1 N–H and O–H groups in total. The van der Waals surface area contributed by atoms with Crippen molar-refractivity contribution in [3.8, 4) is 0 Å². The SMILES string of the molecule is O=[N+]([O-])C1CCCCC1CCO. The van der Waals surface area contributed by atoms with Gasteiger partial charge in [0.05, 0.1) is 0 Å². The Labute approximate surface area is 71.7 Å². The van der Waals surface area contributed by atoms with Gasteiger partial charge in [0, 0.05) is 23.9 Å². The van der Waals surface area contributed by atoms with Gasteiger partial charge in [-0.2, -0.15) is 0 Å². The zero-order valence-corrected chi connectivity index (χ0v) is 7.11. The number of nitro groups is 1. The van der Waals surface area contributed by atoms with Crippen LogP contribution in [0.15, 0.2) is 0 Å². The fraction of sp³-hybridized carbons (Fsp3) is 1.00. The lowest BCUT2D eigenvalue weighted by atomic mass is 9.83. The van der Waals surface area contributed by atoms with E-state index < -0.39 is 6.04 Å². The molecule has 1 rings (SSSR count). The van der Waals surface area contributed by atoms with Crippen LogP contribution in [0.2, 0.25) is 0 Å². The standard InChI is InChI=1S/C8H15NO3/c10-6-5-7-3-1-2-4-8(7)9(11)12/h7-8,10H,1-6H2. The maximum Gasteiger partial charge on any atom is 0.216 e. The number of rotatable bonds is 3. The van der Waals surface area contributed by atoms with Crippen molar-refractivity contribution in [2.75, 3.05) is 6.61 Å². The summed E-state index contributed by atoms with van der Waals surface area (Å²) < 4.78 is 0. The summed E-state index contributed by atoms with van der Waals surface area (Å²) in [7, 11) is 0. The molecule has 2 atom stereocenters. The third kappa shape index (κ3) is 2.17. The Bertz CT molecular complexity index is 158. The second-order valence-electron chi connectivity index (χ2n) is 3.41. The molecule has 0 aliphatic heterocycles. The van der Waals surface area contributed by atoms with E-state index in [9.17, 15) is 10.1 Å². The Balaban J connectivity index is 2.48. The third-order valence-electron chi connectivity index (χ3n) is 2.64. The molecule has 0 radical (unpaired) electrons. The van der Waals surface area contributed by atoms with Gasteiger partial charge in [0.1, 0.15) is 0 Å². The molecular formula is C8H15NO3. The van der Waals surface area contributed by atoms with Crippen molar-refractivity contribution in [3.63, 3.8) is 0 Å². The highest BCUT2D eigenvalue weighted by Crippen LogP contribution is 2.28. The molecule has 1 saturated carbocycles. The van der Waals surface area contributed by atoms with Crippen molar-refractivity contribution in [1.29, 1.82) is 0 Å². The minimum atomic E-state index is -0.397. The van der Waals surface area contributed by atoms with E-state index in [0.717, 1.165) is 19.3 Å². The van der Waals surface area contributed by atoms with E-state index in [4.69, 9.17) is 5.11 Å². The van der Waals surface area contributed by atoms with Crippen molar-refractivity contribution < 1.29 is 10.0 Å². The molecule has 1 aliphatic carbocycles. The first-order valence-corrected chi connectivity index (χ1v) is 4.50. The first-order valence-electron chi connectivity index (χ1n) is 4.50. The quantitative estimate of drug-likeness (QED) is 0.515. The molecule has 0 amide bonds. The fourth-order valence-electron chi connectivity index (χ4n) is 1.97. The maximum absolute atomic E-state index is 10.6. The average Bonchev–Trinajstić information content (AvgIpc) is 2.05. The van der Waals surface area contributed by atoms with Crippen LogP contribution in [0.25, 0.3) is 0 Å². The molecule has 4 nitrogen and oxygen atoms in total. The zero-order chi connectivity index (χ0) is 8.97. The number of nitrogens with zero attached hydrogens (tertiary/aromatic N) is 1. The Morgan fingerprint density at radius 1 is 1.42 bits per heavy atom. The molecule has 0 spiro atoms. The Morgan fingerprint density at radius 2 is 2.08 bits per heavy atom. The van der Waals surface area contributed by atoms with Gasteiger partial charge in [-0.3, -0.25) is 10.1 Å². The monoisotopic (exact) mass is 173 g/mol. The molecular weight excluding hydrogens is 158 g/mol. The van der Waals surface area contributed by atoms with E-state index in [1.807, 2.05) is 0 Å². The molecule has 0 bridgehead atoms. The van der Waals surface area contributed by atoms with E-state index in [0.29, 0.717) is 12.8 Å². The summed E-state index contributed by atoms with van der Waals surface area (Å²) in [5, 5.41) is 19.3. The largest absolute Gasteiger partial charge is 0.396 e. The van der Waals surface area contributed by atoms with Crippen LogP contribution >= 0.6 is 0 Å². The van der Waals surface area contributed by atoms with Crippen LogP contribution in [0.1, 0.15) is 32.1 Å². The average molecular weight is 173 g/mol. The molecule has 12 heavy (non-hydrogen) atoms. The maximum atomic E-state index is 10.6. The summed E-state index contributed by atoms with van der Waals surface area (Å²) in [4.78, 5) is 10.4. The van der Waals surface area contributed by atoms with Crippen LogP contribution in [0.4, 0.5) is 0 Å². The van der Waals surface area contributed by atoms with Gasteiger partial charge in [-0.25, -0.2) is 0 Å². The molecule has 0 aromatic carbocycles. The van der Waals surface area contributed by atoms with Crippen LogP contribution in [0.3, 0.4) is 0 Å². The molecule has 0 aromatic heterocycles. The lowest BCUT2D eigenvalue weighted by molar-refractivity contribution is -0.536. The predicted octanol–water partition coefficient (Wildman–Crippen LogP) is 1.20. The van der Waals surface area contributed by atoms with Crippen LogP contribution in [-0.4, -0.2) is 22.7 Å². The molecule has 0 aromatic rings. The van der Waals surface area contributed by atoms with Crippen LogP contribution in [0.5, 0.6) is 0 Å². The van der Waals surface area contributed by atoms with Gasteiger partial charge in [0.15, 0.2) is 0 Å². The van der Waals surface area contributed by atoms with E-state index >= 15 is 0 Å². The second-order valence-corrected chi connectivity index (χ2v) is 3.41. The summed E-state index contributed by atoms with van der Waals surface area (Å²) >= 11 is 0. The minimum Gasteiger partial charge on any atom is -0.396 e. The Morgan fingerprint density at radius 3 is 2.67 bits per heavy atom. The summed E-state index contributed by atoms with van der Waals surface area (Å²) in [5.74, 6) is 0.110. The first-order chi connectivity index (χ1) is 5.75. The number of hydrogen-bond donors (Lipinski definition) is 1. The van der Waals surface area contributed by atoms with Crippen molar-refractivity contribution in [1.82, 2.24) is 0 Å². The van der Waals surface area contributed by atoms with Crippen molar-refractivity contribution >= 4 is 0 Å². The van der Waals surface area contributed by atoms with Gasteiger partial charge < -0.3 is 5.11 Å². The summed E-state index contributed by atoms with van der Waals surface area (Å²) in [5.41, 5.74) is 0. The molecule has 0 heterocycles. The van der Waals surface area contributed by atoms with Gasteiger partial charge in [-0.1, -0.05) is 6.42 Å². The predicted molar refractivity (Wildman–Crippen MR) is 44.4 cm³/mol. The lowest BCUT2D eigenvalue weighted by Gasteiger charge is -2.24. The number of hydrogen-bond acceptors (Lipinski definition) is 3. The normalized spacial score (nSPS) is 30.1. The first kappa shape index (κ1) is 9.45. The minimum absolute atomic E-state index is 0.0784. The summed E-state index contributed by atoms with van der Waals surface area (Å²) in [6.07, 6.45) is 4.23. The molecule has 0 saturated heterocycles. The van der Waals surface area contributed by atoms with Crippen LogP contribution < -0.4 is 0 Å². The van der Waals surface area contributed by atoms with Crippen molar-refractivity contribution in [3.05, 3.63) is 10.1 Å². The highest BCUT2D eigenvalue weighted by molar-refractivity contribution is 4.74. The Hall–Kier alpha value is -0.640. The summed E-state index contributed by atoms with van der Waals surface area (Å²) in [6.45, 7) is 0.0784. The topological polar surface area (TPSA) is 63.4 Å². The van der Waals surface area contributed by atoms with Crippen LogP contribution in [0, 0.1) is 16.0 Å². The second kappa shape index (κ2) is 4.40. The number of aliphatic hydroxyl groups excluding tert-OH is 1. The highest BCUT2D eigenvalue weighted by atomic mass is 16.6. The van der Waals surface area contributed by atoms with E-state index in [-0.39, 0.29) is 17.4 Å². The molecule has 4 heteroatoms. The van der Waals surface area contributed by atoms with Gasteiger partial charge in [-0.05, 0) is 19.3 Å². The smallest absolute Gasteiger partial charge is 0.216 e. The molecule has 70 valence electrons. The number of aliphatic hydroxyl groups is 1. The lowest BCUT2D eigenvalue weighted by Crippen LogP contribution is -2.32. The molecule has 2 unspecified atom stereocenters. The van der Waals surface area contributed by atoms with Gasteiger partial charge in [0.2, 0.25) is 6.04 Å². The molecule has 1 fully saturated rings. The van der Waals surface area contributed by atoms with E-state index in [1.54, 1.807) is 0 Å². The van der Waals surface area contributed by atoms with Gasteiger partial charge in [0.25, 0.3) is 0 Å². The van der Waals surface area contributed by atoms with Gasteiger partial charge in [-0.15, -0.1) is 0 Å². The van der Waals surface area contributed by atoms with Crippen LogP contribution in [-0.2, 0) is 0 Å². The Kier molecular flexibility index (Phi) is 3.47. The third-order valence-corrected chi connectivity index (χ3v) is 2.64. The summed E-state index contributed by atoms with van der Waals surface area (Å²) in [6, 6.07) is -0.397. The molecule has 1 aliphatic rings. The van der Waals surface area contributed by atoms with Gasteiger partial charge >= 0.3 is 0 Å². The fourth-order valence-corrected chi connectivity index (χ4v) is 1.97. The highest BCUT2D eigenvalue weighted by Gasteiger charge is 2.33. The zero-order valence-electron chi connectivity index (χ0n) is 7.11. The van der Waals surface area contributed by atoms with E-state index in [1.165, 1.54) is 0 Å².